The molecule has 0 radical (unpaired) electrons. The van der Waals surface area contributed by atoms with Crippen LogP contribution in [0.2, 0.25) is 5.31 Å². The number of amidine groups is 1. The molecule has 6 nitrogen and oxygen atoms in total. The molecule has 6 rings (SSSR count). The van der Waals surface area contributed by atoms with E-state index < -0.39 is 0 Å². The Morgan fingerprint density at radius 2 is 2.04 bits per heavy atom. The average molecular weight is 396 g/mol. The predicted molar refractivity (Wildman–Crippen MR) is 115 cm³/mol. The van der Waals surface area contributed by atoms with E-state index in [4.69, 9.17) is 15.2 Å². The summed E-state index contributed by atoms with van der Waals surface area (Å²) in [5.74, 6) is 1.33. The van der Waals surface area contributed by atoms with E-state index in [0.29, 0.717) is 17.3 Å². The number of benzene rings is 1. The lowest BCUT2D eigenvalue weighted by atomic mass is 9.46. The minimum atomic E-state index is -0.344. The van der Waals surface area contributed by atoms with Gasteiger partial charge < -0.3 is 15.2 Å². The zero-order valence-corrected chi connectivity index (χ0v) is 17.1. The molecule has 3 fully saturated rings. The molecular weight excluding hydrogens is 371 g/mol. The lowest BCUT2D eigenvalue weighted by Gasteiger charge is -2.55. The molecule has 1 aromatic heterocycles. The molecule has 28 heavy (non-hydrogen) atoms. The van der Waals surface area contributed by atoms with Crippen LogP contribution in [-0.2, 0) is 4.74 Å². The third-order valence-corrected chi connectivity index (χ3v) is 7.49. The van der Waals surface area contributed by atoms with Crippen molar-refractivity contribution in [1.82, 2.24) is 4.98 Å². The SMILES string of the molecule is BC12CCC(CC1)[C@@]1(C2)OC(Nc2nc(-c3ccc(OC)cc3)cs2)=NC1N. The summed E-state index contributed by atoms with van der Waals surface area (Å²) in [6, 6.07) is 8.40. The van der Waals surface area contributed by atoms with Crippen LogP contribution in [0.5, 0.6) is 5.75 Å². The molecule has 4 aliphatic rings. The molecule has 2 aromatic rings. The highest BCUT2D eigenvalue weighted by Crippen LogP contribution is 2.60. The van der Waals surface area contributed by atoms with Crippen LogP contribution >= 0.6 is 11.3 Å². The van der Waals surface area contributed by atoms with E-state index in [1.165, 1.54) is 37.0 Å². The number of methoxy groups -OCH3 is 1. The summed E-state index contributed by atoms with van der Waals surface area (Å²) in [6.45, 7) is 0. The zero-order chi connectivity index (χ0) is 19.4. The van der Waals surface area contributed by atoms with Crippen LogP contribution in [0.25, 0.3) is 11.3 Å². The maximum absolute atomic E-state index is 6.48. The van der Waals surface area contributed by atoms with Crippen LogP contribution in [0, 0.1) is 5.92 Å². The van der Waals surface area contributed by atoms with Gasteiger partial charge in [-0.1, -0.05) is 18.2 Å². The van der Waals surface area contributed by atoms with Crippen molar-refractivity contribution in [3.63, 3.8) is 0 Å². The summed E-state index contributed by atoms with van der Waals surface area (Å²) < 4.78 is 11.6. The molecule has 3 saturated carbocycles. The highest BCUT2D eigenvalue weighted by molar-refractivity contribution is 7.14. The van der Waals surface area contributed by atoms with Gasteiger partial charge in [0.25, 0.3) is 6.02 Å². The number of hydrogen-bond acceptors (Lipinski definition) is 7. The average Bonchev–Trinajstić information content (AvgIpc) is 3.27. The highest BCUT2D eigenvalue weighted by Gasteiger charge is 2.59. The molecule has 3 aliphatic carbocycles. The van der Waals surface area contributed by atoms with Crippen molar-refractivity contribution in [2.45, 2.75) is 49.2 Å². The second-order valence-corrected chi connectivity index (χ2v) is 9.45. The van der Waals surface area contributed by atoms with Gasteiger partial charge in [-0.3, -0.25) is 5.32 Å². The van der Waals surface area contributed by atoms with Crippen LogP contribution in [-0.4, -0.2) is 37.7 Å². The summed E-state index contributed by atoms with van der Waals surface area (Å²) in [6.07, 6.45) is 5.61. The first-order valence-corrected chi connectivity index (χ1v) is 10.8. The van der Waals surface area contributed by atoms with Crippen molar-refractivity contribution in [3.8, 4) is 17.0 Å². The van der Waals surface area contributed by atoms with E-state index in [0.717, 1.165) is 28.6 Å². The first-order valence-electron chi connectivity index (χ1n) is 9.89. The van der Waals surface area contributed by atoms with E-state index in [-0.39, 0.29) is 11.8 Å². The van der Waals surface area contributed by atoms with Crippen LogP contribution in [0.3, 0.4) is 0 Å². The van der Waals surface area contributed by atoms with Crippen molar-refractivity contribution >= 4 is 30.3 Å². The largest absolute Gasteiger partial charge is 0.497 e. The van der Waals surface area contributed by atoms with Gasteiger partial charge in [0.2, 0.25) is 0 Å². The van der Waals surface area contributed by atoms with Crippen LogP contribution < -0.4 is 15.8 Å². The van der Waals surface area contributed by atoms with Crippen molar-refractivity contribution in [3.05, 3.63) is 29.6 Å². The van der Waals surface area contributed by atoms with Gasteiger partial charge in [-0.15, -0.1) is 11.3 Å². The number of thiazole rings is 1. The van der Waals surface area contributed by atoms with Gasteiger partial charge in [0.05, 0.1) is 12.8 Å². The molecule has 2 heterocycles. The lowest BCUT2D eigenvalue weighted by molar-refractivity contribution is -0.0796. The fraction of sp³-hybridized carbons (Fsp3) is 0.500. The number of nitrogens with two attached hydrogens (primary N) is 1. The number of ether oxygens (including phenoxy) is 2. The van der Waals surface area contributed by atoms with E-state index in [9.17, 15) is 0 Å². The van der Waals surface area contributed by atoms with Crippen LogP contribution in [0.4, 0.5) is 5.13 Å². The van der Waals surface area contributed by atoms with Gasteiger partial charge in [0.1, 0.15) is 19.8 Å². The molecular formula is C20H25BN4O2S. The van der Waals surface area contributed by atoms with Crippen molar-refractivity contribution in [2.75, 3.05) is 12.4 Å². The molecule has 0 amide bonds. The third-order valence-electron chi connectivity index (χ3n) is 6.73. The zero-order valence-electron chi connectivity index (χ0n) is 16.3. The molecule has 1 spiro atoms. The smallest absolute Gasteiger partial charge is 0.293 e. The molecule has 3 N–H and O–H groups in total. The molecule has 1 aliphatic heterocycles. The number of nitrogens with one attached hydrogen (secondary N) is 1. The van der Waals surface area contributed by atoms with Gasteiger partial charge in [-0.05, 0) is 43.5 Å². The van der Waals surface area contributed by atoms with Crippen molar-refractivity contribution in [2.24, 2.45) is 16.6 Å². The third kappa shape index (κ3) is 2.90. The van der Waals surface area contributed by atoms with E-state index in [1.54, 1.807) is 7.11 Å². The van der Waals surface area contributed by atoms with Gasteiger partial charge in [-0.2, -0.15) is 0 Å². The Hall–Kier alpha value is -2.06. The summed E-state index contributed by atoms with van der Waals surface area (Å²) in [4.78, 5) is 9.31. The second kappa shape index (κ2) is 6.49. The minimum Gasteiger partial charge on any atom is -0.497 e. The Balaban J connectivity index is 1.31. The summed E-state index contributed by atoms with van der Waals surface area (Å²) >= 11 is 1.54. The molecule has 0 saturated heterocycles. The van der Waals surface area contributed by atoms with Gasteiger partial charge in [0.15, 0.2) is 10.7 Å². The fourth-order valence-corrected chi connectivity index (χ4v) is 5.84. The Kier molecular flexibility index (Phi) is 4.17. The highest BCUT2D eigenvalue weighted by atomic mass is 32.1. The molecule has 8 heteroatoms. The number of nitrogens with zero attached hydrogens (tertiary/aromatic N) is 2. The first-order chi connectivity index (χ1) is 13.5. The van der Waals surface area contributed by atoms with Crippen molar-refractivity contribution in [1.29, 1.82) is 0 Å². The minimum absolute atomic E-state index is 0.305. The maximum atomic E-state index is 6.48. The monoisotopic (exact) mass is 396 g/mol. The molecule has 2 bridgehead atoms. The van der Waals surface area contributed by atoms with E-state index >= 15 is 0 Å². The van der Waals surface area contributed by atoms with Gasteiger partial charge in [-0.25, -0.2) is 9.98 Å². The van der Waals surface area contributed by atoms with Gasteiger partial charge >= 0.3 is 0 Å². The molecule has 1 aromatic carbocycles. The summed E-state index contributed by atoms with van der Waals surface area (Å²) in [5.41, 5.74) is 8.09. The number of hydrogen-bond donors (Lipinski definition) is 2. The number of aliphatic imine (C=N–C) groups is 1. The molecule has 2 atom stereocenters. The number of anilines is 1. The van der Waals surface area contributed by atoms with E-state index in [1.807, 2.05) is 29.6 Å². The Morgan fingerprint density at radius 3 is 2.71 bits per heavy atom. The lowest BCUT2D eigenvalue weighted by Crippen LogP contribution is -2.58. The second-order valence-electron chi connectivity index (χ2n) is 8.59. The predicted octanol–water partition coefficient (Wildman–Crippen LogP) is 3.03. The van der Waals surface area contributed by atoms with Crippen LogP contribution in [0.1, 0.15) is 32.1 Å². The normalized spacial score (nSPS) is 33.6. The Labute approximate surface area is 170 Å². The van der Waals surface area contributed by atoms with Crippen molar-refractivity contribution < 1.29 is 9.47 Å². The first kappa shape index (κ1) is 18.0. The summed E-state index contributed by atoms with van der Waals surface area (Å²) in [5, 5.41) is 6.38. The van der Waals surface area contributed by atoms with Crippen LogP contribution in [0.15, 0.2) is 34.6 Å². The fourth-order valence-electron chi connectivity index (χ4n) is 5.13. The maximum Gasteiger partial charge on any atom is 0.293 e. The van der Waals surface area contributed by atoms with Gasteiger partial charge in [0, 0.05) is 16.9 Å². The molecule has 146 valence electrons. The Bertz CT molecular complexity index is 907. The standard InChI is InChI=1S/C20H25BN4O2S/c1-26-14-4-2-12(3-5-14)15-10-28-18(23-15)25-17-24-16(22)20(27-17)11-19(21)8-6-13(20)7-9-19/h2-5,10,13,16H,6-9,11,21-22H2,1H3,(H,23,24,25)/t13?,16?,19?,20-/m1/s1. The number of aromatic nitrogens is 1. The number of fused-ring (bicyclic) bond motifs is 2. The molecule has 1 unspecified atom stereocenters. The van der Waals surface area contributed by atoms with E-state index in [2.05, 4.69) is 23.1 Å². The Morgan fingerprint density at radius 1 is 1.29 bits per heavy atom. The number of rotatable bonds is 3. The topological polar surface area (TPSA) is 81.8 Å². The summed E-state index contributed by atoms with van der Waals surface area (Å²) in [7, 11) is 4.03. The quantitative estimate of drug-likeness (QED) is 0.780.